The van der Waals surface area contributed by atoms with Gasteiger partial charge in [-0.3, -0.25) is 0 Å². The normalized spacial score (nSPS) is 18.7. The molecule has 5 nitrogen and oxygen atoms in total. The number of rotatable bonds is 3. The van der Waals surface area contributed by atoms with E-state index in [0.29, 0.717) is 11.7 Å². The van der Waals surface area contributed by atoms with Crippen molar-refractivity contribution in [2.45, 2.75) is 25.2 Å². The van der Waals surface area contributed by atoms with E-state index in [9.17, 15) is 5.11 Å². The minimum Gasteiger partial charge on any atom is -0.508 e. The Morgan fingerprint density at radius 2 is 2.00 bits per heavy atom. The first kappa shape index (κ1) is 14.5. The van der Waals surface area contributed by atoms with Crippen LogP contribution in [0.3, 0.4) is 0 Å². The third kappa shape index (κ3) is 2.88. The molecule has 4 rings (SSSR count). The lowest BCUT2D eigenvalue weighted by atomic mass is 9.82. The molecule has 1 saturated heterocycles. The van der Waals surface area contributed by atoms with Crippen LogP contribution in [0.4, 0.5) is 5.69 Å². The van der Waals surface area contributed by atoms with Crippen molar-refractivity contribution in [1.29, 1.82) is 0 Å². The van der Waals surface area contributed by atoms with Crippen molar-refractivity contribution in [3.63, 3.8) is 0 Å². The van der Waals surface area contributed by atoms with Crippen LogP contribution in [0.2, 0.25) is 0 Å². The van der Waals surface area contributed by atoms with Gasteiger partial charge in [-0.15, -0.1) is 0 Å². The van der Waals surface area contributed by atoms with Crippen molar-refractivity contribution in [1.82, 2.24) is 15.3 Å². The van der Waals surface area contributed by atoms with Crippen molar-refractivity contribution in [3.05, 3.63) is 36.2 Å². The van der Waals surface area contributed by atoms with Gasteiger partial charge in [-0.1, -0.05) is 18.6 Å². The number of nitrogens with one attached hydrogen (secondary N) is 1. The monoisotopic (exact) mass is 310 g/mol. The zero-order valence-corrected chi connectivity index (χ0v) is 13.2. The molecule has 120 valence electrons. The summed E-state index contributed by atoms with van der Waals surface area (Å²) < 4.78 is 0. The van der Waals surface area contributed by atoms with E-state index in [0.717, 1.165) is 31.7 Å². The Morgan fingerprint density at radius 1 is 1.17 bits per heavy atom. The van der Waals surface area contributed by atoms with Crippen LogP contribution < -0.4 is 10.2 Å². The standard InChI is InChI=1S/C18H22N4O/c23-15-6-2-5-14(11-15)18-20-12-16(22-9-7-19-8-10-22)17(21-18)13-3-1-4-13/h2,5-6,11-13,19,23H,1,3-4,7-10H2. The molecule has 1 aliphatic carbocycles. The Kier molecular flexibility index (Phi) is 3.87. The molecule has 2 fully saturated rings. The second kappa shape index (κ2) is 6.16. The molecule has 2 N–H and O–H groups in total. The predicted molar refractivity (Wildman–Crippen MR) is 90.8 cm³/mol. The van der Waals surface area contributed by atoms with E-state index < -0.39 is 0 Å². The molecule has 1 aromatic heterocycles. The summed E-state index contributed by atoms with van der Waals surface area (Å²) in [6, 6.07) is 7.18. The molecule has 0 radical (unpaired) electrons. The van der Waals surface area contributed by atoms with Crippen LogP contribution in [0.5, 0.6) is 5.75 Å². The summed E-state index contributed by atoms with van der Waals surface area (Å²) >= 11 is 0. The number of nitrogens with zero attached hydrogens (tertiary/aromatic N) is 3. The molecule has 0 atom stereocenters. The summed E-state index contributed by atoms with van der Waals surface area (Å²) in [5.74, 6) is 1.52. The molecular formula is C18H22N4O. The molecule has 0 unspecified atom stereocenters. The summed E-state index contributed by atoms with van der Waals surface area (Å²) in [5, 5.41) is 13.1. The Hall–Kier alpha value is -2.14. The van der Waals surface area contributed by atoms with Crippen LogP contribution in [0.1, 0.15) is 30.9 Å². The number of hydrogen-bond acceptors (Lipinski definition) is 5. The molecule has 0 amide bonds. The van der Waals surface area contributed by atoms with Crippen LogP contribution >= 0.6 is 0 Å². The molecule has 1 saturated carbocycles. The van der Waals surface area contributed by atoms with E-state index in [1.165, 1.54) is 30.6 Å². The van der Waals surface area contributed by atoms with Crippen LogP contribution in [0.25, 0.3) is 11.4 Å². The van der Waals surface area contributed by atoms with Gasteiger partial charge >= 0.3 is 0 Å². The number of aromatic nitrogens is 2. The highest BCUT2D eigenvalue weighted by Gasteiger charge is 2.27. The molecule has 2 aromatic rings. The highest BCUT2D eigenvalue weighted by molar-refractivity contribution is 5.61. The smallest absolute Gasteiger partial charge is 0.159 e. The maximum absolute atomic E-state index is 9.70. The Morgan fingerprint density at radius 3 is 2.70 bits per heavy atom. The van der Waals surface area contributed by atoms with Gasteiger partial charge in [0, 0.05) is 37.7 Å². The van der Waals surface area contributed by atoms with E-state index >= 15 is 0 Å². The molecular weight excluding hydrogens is 288 g/mol. The van der Waals surface area contributed by atoms with Crippen LogP contribution in [0.15, 0.2) is 30.5 Å². The van der Waals surface area contributed by atoms with Gasteiger partial charge in [0.15, 0.2) is 5.82 Å². The van der Waals surface area contributed by atoms with E-state index in [2.05, 4.69) is 15.2 Å². The van der Waals surface area contributed by atoms with E-state index in [1.54, 1.807) is 12.1 Å². The second-order valence-corrected chi connectivity index (χ2v) is 6.38. The number of phenols is 1. The molecule has 5 heteroatoms. The van der Waals surface area contributed by atoms with Crippen LogP contribution in [-0.4, -0.2) is 41.3 Å². The molecule has 2 aliphatic rings. The number of phenolic OH excluding ortho intramolecular Hbond substituents is 1. The van der Waals surface area contributed by atoms with Crippen molar-refractivity contribution in [2.75, 3.05) is 31.1 Å². The average molecular weight is 310 g/mol. The zero-order chi connectivity index (χ0) is 15.6. The predicted octanol–water partition coefficient (Wildman–Crippen LogP) is 2.53. The first-order valence-corrected chi connectivity index (χ1v) is 8.43. The minimum absolute atomic E-state index is 0.252. The lowest BCUT2D eigenvalue weighted by molar-refractivity contribution is 0.410. The van der Waals surface area contributed by atoms with Gasteiger partial charge in [-0.2, -0.15) is 0 Å². The quantitative estimate of drug-likeness (QED) is 0.912. The summed E-state index contributed by atoms with van der Waals surface area (Å²) in [7, 11) is 0. The molecule has 2 heterocycles. The van der Waals surface area contributed by atoms with E-state index in [4.69, 9.17) is 4.98 Å². The van der Waals surface area contributed by atoms with Crippen molar-refractivity contribution >= 4 is 5.69 Å². The summed E-state index contributed by atoms with van der Waals surface area (Å²) in [5.41, 5.74) is 3.25. The van der Waals surface area contributed by atoms with E-state index in [-0.39, 0.29) is 5.75 Å². The number of aromatic hydroxyl groups is 1. The van der Waals surface area contributed by atoms with Gasteiger partial charge < -0.3 is 15.3 Å². The molecule has 0 spiro atoms. The Bertz CT molecular complexity index is 693. The minimum atomic E-state index is 0.252. The summed E-state index contributed by atoms with van der Waals surface area (Å²) in [4.78, 5) is 11.9. The van der Waals surface area contributed by atoms with Gasteiger partial charge in [0.1, 0.15) is 5.75 Å². The highest BCUT2D eigenvalue weighted by Crippen LogP contribution is 2.40. The maximum atomic E-state index is 9.70. The molecule has 1 aromatic carbocycles. The second-order valence-electron chi connectivity index (χ2n) is 6.38. The van der Waals surface area contributed by atoms with Crippen molar-refractivity contribution < 1.29 is 5.11 Å². The van der Waals surface area contributed by atoms with Gasteiger partial charge in [0.25, 0.3) is 0 Å². The fourth-order valence-corrected chi connectivity index (χ4v) is 3.30. The van der Waals surface area contributed by atoms with Crippen molar-refractivity contribution in [3.8, 4) is 17.1 Å². The Labute approximate surface area is 136 Å². The topological polar surface area (TPSA) is 61.3 Å². The largest absolute Gasteiger partial charge is 0.508 e. The third-order valence-electron chi connectivity index (χ3n) is 4.85. The number of benzene rings is 1. The van der Waals surface area contributed by atoms with Crippen LogP contribution in [-0.2, 0) is 0 Å². The SMILES string of the molecule is Oc1cccc(-c2ncc(N3CCNCC3)c(C3CCC3)n2)c1. The number of anilines is 1. The van der Waals surface area contributed by atoms with Crippen molar-refractivity contribution in [2.24, 2.45) is 0 Å². The van der Waals surface area contributed by atoms with Gasteiger partial charge in [0.05, 0.1) is 17.6 Å². The fraction of sp³-hybridized carbons (Fsp3) is 0.444. The lowest BCUT2D eigenvalue weighted by Crippen LogP contribution is -2.44. The molecule has 1 aliphatic heterocycles. The summed E-state index contributed by atoms with van der Waals surface area (Å²) in [6.45, 7) is 4.04. The van der Waals surface area contributed by atoms with Crippen LogP contribution in [0, 0.1) is 0 Å². The first-order chi connectivity index (χ1) is 11.3. The number of piperazine rings is 1. The third-order valence-corrected chi connectivity index (χ3v) is 4.85. The molecule has 0 bridgehead atoms. The first-order valence-electron chi connectivity index (χ1n) is 8.43. The van der Waals surface area contributed by atoms with E-state index in [1.807, 2.05) is 18.3 Å². The Balaban J connectivity index is 1.72. The highest BCUT2D eigenvalue weighted by atomic mass is 16.3. The van der Waals surface area contributed by atoms with Gasteiger partial charge in [-0.05, 0) is 25.0 Å². The maximum Gasteiger partial charge on any atom is 0.159 e. The number of hydrogen-bond donors (Lipinski definition) is 2. The van der Waals surface area contributed by atoms with Gasteiger partial charge in [0.2, 0.25) is 0 Å². The van der Waals surface area contributed by atoms with Gasteiger partial charge in [-0.25, -0.2) is 9.97 Å². The molecule has 23 heavy (non-hydrogen) atoms. The fourth-order valence-electron chi connectivity index (χ4n) is 3.30. The summed E-state index contributed by atoms with van der Waals surface area (Å²) in [6.07, 6.45) is 5.70. The lowest BCUT2D eigenvalue weighted by Gasteiger charge is -2.34. The average Bonchev–Trinajstić information content (AvgIpc) is 2.54. The zero-order valence-electron chi connectivity index (χ0n) is 13.2.